The molecule has 226 valence electrons. The lowest BCUT2D eigenvalue weighted by Crippen LogP contribution is -2.61. The average molecular weight is 612 g/mol. The van der Waals surface area contributed by atoms with Crippen LogP contribution >= 0.6 is 11.3 Å². The van der Waals surface area contributed by atoms with Gasteiger partial charge < -0.3 is 39.7 Å². The molecule has 43 heavy (non-hydrogen) atoms. The Morgan fingerprint density at radius 3 is 2.42 bits per heavy atom. The molecule has 0 radical (unpaired) electrons. The van der Waals surface area contributed by atoms with Crippen molar-refractivity contribution in [1.29, 1.82) is 0 Å². The summed E-state index contributed by atoms with van der Waals surface area (Å²) in [5.41, 5.74) is 3.06. The van der Waals surface area contributed by atoms with Crippen molar-refractivity contribution in [3.8, 4) is 22.2 Å². The maximum absolute atomic E-state index is 11.4. The smallest absolute Gasteiger partial charge is 0.335 e. The minimum atomic E-state index is -1.88. The first-order valence-corrected chi connectivity index (χ1v) is 14.1. The van der Waals surface area contributed by atoms with Crippen molar-refractivity contribution >= 4 is 23.3 Å². The number of aryl methyl sites for hydroxylation is 1. The zero-order valence-electron chi connectivity index (χ0n) is 22.6. The fourth-order valence-electron chi connectivity index (χ4n) is 4.42. The number of ether oxygens (including phenoxy) is 3. The van der Waals surface area contributed by atoms with Crippen LogP contribution in [0.1, 0.15) is 23.2 Å². The number of benzene rings is 2. The maximum atomic E-state index is 11.4. The highest BCUT2D eigenvalue weighted by Gasteiger charge is 2.48. The van der Waals surface area contributed by atoms with Crippen molar-refractivity contribution in [3.05, 3.63) is 83.0 Å². The highest BCUT2D eigenvalue weighted by Crippen LogP contribution is 2.28. The molecule has 2 aromatic carbocycles. The van der Waals surface area contributed by atoms with Gasteiger partial charge in [0.05, 0.1) is 12.2 Å². The predicted molar refractivity (Wildman–Crippen MR) is 151 cm³/mol. The highest BCUT2D eigenvalue weighted by atomic mass is 32.1. The monoisotopic (exact) mass is 611 g/mol. The molecular weight excluding hydrogens is 582 g/mol. The molecule has 5 atom stereocenters. The largest absolute Gasteiger partial charge is 0.487 e. The second-order valence-corrected chi connectivity index (χ2v) is 10.7. The van der Waals surface area contributed by atoms with Crippen LogP contribution in [0.5, 0.6) is 11.6 Å². The molecule has 1 aliphatic rings. The topological polar surface area (TPSA) is 194 Å². The number of hydrogen-bond acceptors (Lipinski definition) is 11. The van der Waals surface area contributed by atoms with Crippen LogP contribution in [0.2, 0.25) is 0 Å². The fourth-order valence-corrected chi connectivity index (χ4v) is 5.23. The molecule has 5 rings (SSSR count). The number of aromatic nitrogens is 3. The van der Waals surface area contributed by atoms with Gasteiger partial charge in [-0.2, -0.15) is 0 Å². The van der Waals surface area contributed by atoms with Gasteiger partial charge in [-0.05, 0) is 24.1 Å². The van der Waals surface area contributed by atoms with Gasteiger partial charge in [0.2, 0.25) is 12.2 Å². The zero-order chi connectivity index (χ0) is 30.5. The van der Waals surface area contributed by atoms with Crippen molar-refractivity contribution in [3.63, 3.8) is 0 Å². The molecule has 0 amide bonds. The van der Waals surface area contributed by atoms with Crippen molar-refractivity contribution < 1.29 is 49.3 Å². The Bertz CT molecular complexity index is 1540. The quantitative estimate of drug-likeness (QED) is 0.156. The number of aliphatic hydroxyl groups is 3. The second-order valence-electron chi connectivity index (χ2n) is 9.85. The summed E-state index contributed by atoms with van der Waals surface area (Å²) in [6.07, 6.45) is -7.69. The summed E-state index contributed by atoms with van der Waals surface area (Å²) in [7, 11) is 0. The molecule has 14 heteroatoms. The minimum absolute atomic E-state index is 0.0242. The van der Waals surface area contributed by atoms with E-state index in [0.717, 1.165) is 21.8 Å². The van der Waals surface area contributed by atoms with Crippen LogP contribution in [0.25, 0.3) is 10.6 Å². The van der Waals surface area contributed by atoms with Gasteiger partial charge in [0.25, 0.3) is 0 Å². The Morgan fingerprint density at radius 2 is 1.72 bits per heavy atom. The van der Waals surface area contributed by atoms with Crippen molar-refractivity contribution in [2.24, 2.45) is 0 Å². The number of aliphatic carboxylic acids is 2. The Kier molecular flexibility index (Phi) is 9.33. The summed E-state index contributed by atoms with van der Waals surface area (Å²) in [4.78, 5) is 27.2. The van der Waals surface area contributed by atoms with Crippen LogP contribution in [0.3, 0.4) is 0 Å². The SMILES string of the molecule is O=C(O)CCc1cn(Cc2ccc(OCc3csc(-c4ccccc4)n3)cc2)nc1O[C@@H]1O[C@H](C(=O)O)[C@@H](O)[C@H](O)[C@H]1O. The van der Waals surface area contributed by atoms with Crippen molar-refractivity contribution in [2.75, 3.05) is 0 Å². The van der Waals surface area contributed by atoms with Crippen molar-refractivity contribution in [2.45, 2.75) is 56.7 Å². The van der Waals surface area contributed by atoms with E-state index in [1.807, 2.05) is 47.8 Å². The number of carboxylic acids is 2. The lowest BCUT2D eigenvalue weighted by Gasteiger charge is -2.38. The molecule has 4 aromatic rings. The van der Waals surface area contributed by atoms with Crippen LogP contribution in [-0.4, -0.2) is 82.9 Å². The van der Waals surface area contributed by atoms with Crippen molar-refractivity contribution in [1.82, 2.24) is 14.8 Å². The van der Waals surface area contributed by atoms with Crippen LogP contribution in [0.15, 0.2) is 66.2 Å². The molecule has 3 heterocycles. The Hall–Kier alpha value is -4.34. The van der Waals surface area contributed by atoms with E-state index in [1.54, 1.807) is 29.7 Å². The second kappa shape index (κ2) is 13.3. The van der Waals surface area contributed by atoms with E-state index in [-0.39, 0.29) is 25.3 Å². The van der Waals surface area contributed by atoms with E-state index >= 15 is 0 Å². The first-order valence-electron chi connectivity index (χ1n) is 13.3. The van der Waals surface area contributed by atoms with Crippen LogP contribution in [0.4, 0.5) is 0 Å². The van der Waals surface area contributed by atoms with Crippen LogP contribution in [-0.2, 0) is 33.9 Å². The van der Waals surface area contributed by atoms with Gasteiger partial charge in [-0.3, -0.25) is 9.48 Å². The lowest BCUT2D eigenvalue weighted by molar-refractivity contribution is -0.271. The number of hydrogen-bond donors (Lipinski definition) is 5. The van der Waals surface area contributed by atoms with E-state index in [0.29, 0.717) is 17.9 Å². The molecule has 2 aromatic heterocycles. The number of carbonyl (C=O) groups is 2. The third kappa shape index (κ3) is 7.36. The Morgan fingerprint density at radius 1 is 0.977 bits per heavy atom. The Balaban J connectivity index is 1.24. The molecule has 0 bridgehead atoms. The van der Waals surface area contributed by atoms with E-state index in [4.69, 9.17) is 19.3 Å². The van der Waals surface area contributed by atoms with Crippen LogP contribution in [0, 0.1) is 0 Å². The molecule has 1 aliphatic heterocycles. The molecule has 0 unspecified atom stereocenters. The standard InChI is InChI=1S/C29H29N3O10S/c33-21(34)11-8-18-13-32(31-26(18)42-29-24(37)22(35)23(36)25(41-29)28(38)39)12-16-6-9-20(10-7-16)40-14-19-15-43-27(30-19)17-4-2-1-3-5-17/h1-7,9-10,13,15,22-25,29,35-37H,8,11-12,14H2,(H,33,34)(H,38,39)/t22-,23-,24+,25-,29-/m0/s1. The molecule has 0 aliphatic carbocycles. The number of carboxylic acid groups (broad SMARTS) is 2. The molecule has 0 saturated carbocycles. The van der Waals surface area contributed by atoms with E-state index < -0.39 is 42.6 Å². The van der Waals surface area contributed by atoms with E-state index in [1.165, 1.54) is 4.68 Å². The first-order chi connectivity index (χ1) is 20.7. The van der Waals surface area contributed by atoms with Gasteiger partial charge in [0.15, 0.2) is 6.10 Å². The molecule has 1 saturated heterocycles. The lowest BCUT2D eigenvalue weighted by atomic mass is 9.99. The predicted octanol–water partition coefficient (Wildman–Crippen LogP) is 1.92. The minimum Gasteiger partial charge on any atom is -0.487 e. The van der Waals surface area contributed by atoms with E-state index in [9.17, 15) is 30.0 Å². The summed E-state index contributed by atoms with van der Waals surface area (Å²) in [6, 6.07) is 17.2. The average Bonchev–Trinajstić information content (AvgIpc) is 3.63. The van der Waals surface area contributed by atoms with Gasteiger partial charge in [0, 0.05) is 29.1 Å². The van der Waals surface area contributed by atoms with Gasteiger partial charge in [-0.25, -0.2) is 9.78 Å². The van der Waals surface area contributed by atoms with E-state index in [2.05, 4.69) is 10.1 Å². The number of aliphatic hydroxyl groups excluding tert-OH is 3. The summed E-state index contributed by atoms with van der Waals surface area (Å²) >= 11 is 1.55. The summed E-state index contributed by atoms with van der Waals surface area (Å²) in [5.74, 6) is -2.07. The number of thiazole rings is 1. The maximum Gasteiger partial charge on any atom is 0.335 e. The first kappa shape index (κ1) is 30.1. The molecule has 1 fully saturated rings. The zero-order valence-corrected chi connectivity index (χ0v) is 23.4. The molecule has 0 spiro atoms. The molecule has 13 nitrogen and oxygen atoms in total. The molecule has 5 N–H and O–H groups in total. The normalized spacial score (nSPS) is 21.8. The Labute approximate surface area is 249 Å². The summed E-state index contributed by atoms with van der Waals surface area (Å²) in [5, 5.41) is 56.0. The summed E-state index contributed by atoms with van der Waals surface area (Å²) in [6.45, 7) is 0.572. The third-order valence-electron chi connectivity index (χ3n) is 6.67. The number of nitrogens with zero attached hydrogens (tertiary/aromatic N) is 3. The van der Waals surface area contributed by atoms with Gasteiger partial charge >= 0.3 is 11.9 Å². The fraction of sp³-hybridized carbons (Fsp3) is 0.310. The summed E-state index contributed by atoms with van der Waals surface area (Å²) < 4.78 is 18.2. The van der Waals surface area contributed by atoms with Gasteiger partial charge in [0.1, 0.15) is 35.7 Å². The molecular formula is C29H29N3O10S. The third-order valence-corrected chi connectivity index (χ3v) is 7.62. The van der Waals surface area contributed by atoms with Gasteiger partial charge in [-0.1, -0.05) is 42.5 Å². The van der Waals surface area contributed by atoms with Gasteiger partial charge in [-0.15, -0.1) is 16.4 Å². The highest BCUT2D eigenvalue weighted by molar-refractivity contribution is 7.13. The van der Waals surface area contributed by atoms with Crippen LogP contribution < -0.4 is 9.47 Å². The number of rotatable bonds is 12.